The normalized spacial score (nSPS) is 12.1. The van der Waals surface area contributed by atoms with Crippen LogP contribution in [0.2, 0.25) is 0 Å². The van der Waals surface area contributed by atoms with E-state index in [1.807, 2.05) is 56.3 Å². The van der Waals surface area contributed by atoms with E-state index in [0.29, 0.717) is 0 Å². The lowest BCUT2D eigenvalue weighted by Gasteiger charge is -2.03. The number of furan rings is 1. The van der Waals surface area contributed by atoms with E-state index in [1.54, 1.807) is 0 Å². The quantitative estimate of drug-likeness (QED) is 0.355. The molecule has 0 unspecified atom stereocenters. The Balaban J connectivity index is 1.70. The van der Waals surface area contributed by atoms with Crippen LogP contribution >= 0.6 is 0 Å². The van der Waals surface area contributed by atoms with Crippen molar-refractivity contribution in [3.05, 3.63) is 96.3 Å². The molecule has 1 heterocycles. The average Bonchev–Trinajstić information content (AvgIpc) is 3.08. The van der Waals surface area contributed by atoms with Crippen LogP contribution in [-0.4, -0.2) is 5.71 Å². The van der Waals surface area contributed by atoms with Crippen molar-refractivity contribution in [2.45, 2.75) is 13.8 Å². The first-order valence-electron chi connectivity index (χ1n) is 9.11. The van der Waals surface area contributed by atoms with Crippen molar-refractivity contribution in [3.8, 4) is 11.1 Å². The summed E-state index contributed by atoms with van der Waals surface area (Å²) in [4.78, 5) is 4.79. The zero-order valence-corrected chi connectivity index (χ0v) is 15.5. The third-order valence-corrected chi connectivity index (χ3v) is 4.57. The fourth-order valence-corrected chi connectivity index (χ4v) is 3.27. The highest BCUT2D eigenvalue weighted by molar-refractivity contribution is 6.06. The first-order valence-corrected chi connectivity index (χ1v) is 9.11. The summed E-state index contributed by atoms with van der Waals surface area (Å²) in [6, 6.07) is 26.8. The van der Waals surface area contributed by atoms with Crippen molar-refractivity contribution in [2.75, 3.05) is 0 Å². The molecule has 2 nitrogen and oxygen atoms in total. The van der Waals surface area contributed by atoms with Gasteiger partial charge in [-0.1, -0.05) is 72.8 Å². The molecule has 0 spiro atoms. The summed E-state index contributed by atoms with van der Waals surface area (Å²) in [5.41, 5.74) is 6.14. The molecule has 0 atom stereocenters. The predicted octanol–water partition coefficient (Wildman–Crippen LogP) is 7.27. The van der Waals surface area contributed by atoms with Crippen LogP contribution in [0.3, 0.4) is 0 Å². The molecule has 0 saturated carbocycles. The van der Waals surface area contributed by atoms with Crippen LogP contribution in [0.4, 0.5) is 5.69 Å². The Labute approximate surface area is 159 Å². The van der Waals surface area contributed by atoms with Gasteiger partial charge < -0.3 is 4.42 Å². The van der Waals surface area contributed by atoms with E-state index in [2.05, 4.69) is 48.5 Å². The molecular formula is C25H21NO. The van der Waals surface area contributed by atoms with Crippen molar-refractivity contribution in [1.29, 1.82) is 0 Å². The van der Waals surface area contributed by atoms with Gasteiger partial charge in [0.05, 0.1) is 11.4 Å². The zero-order chi connectivity index (χ0) is 18.6. The molecule has 0 fully saturated rings. The minimum absolute atomic E-state index is 0.821. The smallest absolute Gasteiger partial charge is 0.156 e. The van der Waals surface area contributed by atoms with Crippen molar-refractivity contribution in [2.24, 2.45) is 4.99 Å². The van der Waals surface area contributed by atoms with E-state index in [4.69, 9.17) is 9.41 Å². The van der Waals surface area contributed by atoms with Crippen molar-refractivity contribution < 1.29 is 4.42 Å². The van der Waals surface area contributed by atoms with Crippen molar-refractivity contribution >= 4 is 28.4 Å². The molecule has 0 radical (unpaired) electrons. The van der Waals surface area contributed by atoms with E-state index >= 15 is 0 Å². The standard InChI is InChI=1S/C25H21NO/c1-3-9-23-22-12-7-8-13-24(22)27-25(23)18(2)26-21-16-14-20(15-17-21)19-10-5-4-6-11-19/h3-17H,1-2H3. The second kappa shape index (κ2) is 7.46. The molecule has 2 heteroatoms. The Morgan fingerprint density at radius 2 is 1.48 bits per heavy atom. The molecule has 4 rings (SSSR count). The number of benzene rings is 3. The monoisotopic (exact) mass is 351 g/mol. The van der Waals surface area contributed by atoms with Gasteiger partial charge in [0, 0.05) is 10.9 Å². The summed E-state index contributed by atoms with van der Waals surface area (Å²) in [5, 5.41) is 1.11. The molecule has 132 valence electrons. The Bertz CT molecular complexity index is 1120. The number of aliphatic imine (C=N–C) groups is 1. The molecule has 3 aromatic carbocycles. The zero-order valence-electron chi connectivity index (χ0n) is 15.5. The SMILES string of the molecule is CC=Cc1c(C(C)=Nc2ccc(-c3ccccc3)cc2)oc2ccccc12. The molecule has 0 aliphatic heterocycles. The van der Waals surface area contributed by atoms with E-state index in [1.165, 1.54) is 11.1 Å². The van der Waals surface area contributed by atoms with Crippen LogP contribution in [0, 0.1) is 0 Å². The number of fused-ring (bicyclic) bond motifs is 1. The van der Waals surface area contributed by atoms with E-state index < -0.39 is 0 Å². The van der Waals surface area contributed by atoms with Crippen molar-refractivity contribution in [1.82, 2.24) is 0 Å². The van der Waals surface area contributed by atoms with Crippen LogP contribution in [0.15, 0.2) is 94.3 Å². The molecular weight excluding hydrogens is 330 g/mol. The number of nitrogens with zero attached hydrogens (tertiary/aromatic N) is 1. The lowest BCUT2D eigenvalue weighted by atomic mass is 10.1. The molecule has 0 aliphatic rings. The summed E-state index contributed by atoms with van der Waals surface area (Å²) < 4.78 is 6.10. The van der Waals surface area contributed by atoms with Crippen LogP contribution in [0.1, 0.15) is 25.2 Å². The highest BCUT2D eigenvalue weighted by Gasteiger charge is 2.14. The highest BCUT2D eigenvalue weighted by atomic mass is 16.3. The number of hydrogen-bond acceptors (Lipinski definition) is 2. The third-order valence-electron chi connectivity index (χ3n) is 4.57. The Morgan fingerprint density at radius 3 is 2.22 bits per heavy atom. The summed E-state index contributed by atoms with van der Waals surface area (Å²) >= 11 is 0. The van der Waals surface area contributed by atoms with Crippen molar-refractivity contribution in [3.63, 3.8) is 0 Å². The second-order valence-electron chi connectivity index (χ2n) is 6.45. The minimum Gasteiger partial charge on any atom is -0.454 e. The van der Waals surface area contributed by atoms with E-state index in [9.17, 15) is 0 Å². The lowest BCUT2D eigenvalue weighted by molar-refractivity contribution is 0.603. The van der Waals surface area contributed by atoms with Gasteiger partial charge >= 0.3 is 0 Å². The summed E-state index contributed by atoms with van der Waals surface area (Å²) in [7, 11) is 0. The molecule has 0 saturated heterocycles. The van der Waals surface area contributed by atoms with Crippen LogP contribution < -0.4 is 0 Å². The molecule has 4 aromatic rings. The molecule has 0 N–H and O–H groups in total. The summed E-state index contributed by atoms with van der Waals surface area (Å²) in [6.07, 6.45) is 4.11. The first-order chi connectivity index (χ1) is 13.3. The number of hydrogen-bond donors (Lipinski definition) is 0. The van der Waals surface area contributed by atoms with Gasteiger partial charge in [0.15, 0.2) is 5.76 Å². The van der Waals surface area contributed by atoms with Gasteiger partial charge in [-0.2, -0.15) is 0 Å². The number of allylic oxidation sites excluding steroid dienone is 1. The maximum Gasteiger partial charge on any atom is 0.156 e. The second-order valence-corrected chi connectivity index (χ2v) is 6.45. The molecule has 27 heavy (non-hydrogen) atoms. The van der Waals surface area contributed by atoms with Gasteiger partial charge in [0.2, 0.25) is 0 Å². The van der Waals surface area contributed by atoms with Crippen LogP contribution in [0.25, 0.3) is 28.2 Å². The van der Waals surface area contributed by atoms with E-state index in [0.717, 1.165) is 33.7 Å². The van der Waals surface area contributed by atoms with Crippen LogP contribution in [-0.2, 0) is 0 Å². The topological polar surface area (TPSA) is 25.5 Å². The highest BCUT2D eigenvalue weighted by Crippen LogP contribution is 2.29. The number of para-hydroxylation sites is 1. The van der Waals surface area contributed by atoms with Gasteiger partial charge in [-0.3, -0.25) is 0 Å². The van der Waals surface area contributed by atoms with Crippen LogP contribution in [0.5, 0.6) is 0 Å². The molecule has 0 amide bonds. The Morgan fingerprint density at radius 1 is 0.815 bits per heavy atom. The number of rotatable bonds is 4. The molecule has 0 bridgehead atoms. The van der Waals surface area contributed by atoms with Gasteiger partial charge in [0.1, 0.15) is 5.58 Å². The Hall–Kier alpha value is -3.39. The third kappa shape index (κ3) is 3.47. The van der Waals surface area contributed by atoms with Gasteiger partial charge in [-0.05, 0) is 43.2 Å². The largest absolute Gasteiger partial charge is 0.454 e. The first kappa shape index (κ1) is 17.0. The fraction of sp³-hybridized carbons (Fsp3) is 0.0800. The van der Waals surface area contributed by atoms with Gasteiger partial charge in [0.25, 0.3) is 0 Å². The van der Waals surface area contributed by atoms with Gasteiger partial charge in [-0.25, -0.2) is 4.99 Å². The molecule has 0 aliphatic carbocycles. The summed E-state index contributed by atoms with van der Waals surface area (Å²) in [5.74, 6) is 0.821. The lowest BCUT2D eigenvalue weighted by Crippen LogP contribution is -1.94. The Kier molecular flexibility index (Phi) is 4.71. The average molecular weight is 351 g/mol. The predicted molar refractivity (Wildman–Crippen MR) is 115 cm³/mol. The van der Waals surface area contributed by atoms with Gasteiger partial charge in [-0.15, -0.1) is 0 Å². The molecule has 1 aromatic heterocycles. The summed E-state index contributed by atoms with van der Waals surface area (Å²) in [6.45, 7) is 4.01. The maximum absolute atomic E-state index is 6.10. The fourth-order valence-electron chi connectivity index (χ4n) is 3.27. The van der Waals surface area contributed by atoms with E-state index in [-0.39, 0.29) is 0 Å². The minimum atomic E-state index is 0.821. The maximum atomic E-state index is 6.10.